The first-order valence-electron chi connectivity index (χ1n) is 11.3. The summed E-state index contributed by atoms with van der Waals surface area (Å²) in [5.74, 6) is 1.00. The number of nitrogens with two attached hydrogens (primary N) is 1. The molecule has 7 heteroatoms. The van der Waals surface area contributed by atoms with Crippen LogP contribution in [0.15, 0.2) is 48.7 Å². The van der Waals surface area contributed by atoms with Crippen LogP contribution in [0.2, 0.25) is 0 Å². The number of benzene rings is 2. The lowest BCUT2D eigenvalue weighted by Gasteiger charge is -2.11. The summed E-state index contributed by atoms with van der Waals surface area (Å²) in [6.07, 6.45) is 5.96. The van der Waals surface area contributed by atoms with Crippen LogP contribution < -0.4 is 5.73 Å². The van der Waals surface area contributed by atoms with E-state index in [4.69, 9.17) is 15.5 Å². The Morgan fingerprint density at radius 3 is 2.79 bits per heavy atom. The van der Waals surface area contributed by atoms with Gasteiger partial charge in [-0.25, -0.2) is 14.8 Å². The normalized spacial score (nSPS) is 11.6. The van der Waals surface area contributed by atoms with Crippen molar-refractivity contribution in [3.8, 4) is 0 Å². The van der Waals surface area contributed by atoms with E-state index in [2.05, 4.69) is 45.9 Å². The number of nitrogens with zero attached hydrogens (tertiary/aromatic N) is 3. The second-order valence-electron chi connectivity index (χ2n) is 8.31. The van der Waals surface area contributed by atoms with Crippen molar-refractivity contribution >= 4 is 44.6 Å². The van der Waals surface area contributed by atoms with Crippen molar-refractivity contribution in [1.29, 1.82) is 0 Å². The number of fused-ring (bicyclic) bond motifs is 4. The Kier molecular flexibility index (Phi) is 5.46. The Hall–Kier alpha value is -3.87. The molecule has 0 fully saturated rings. The molecule has 3 aromatic heterocycles. The SMILES string of the molecule is CCCCc1nc2c(N)nc3cc(C(=O)OC)ccc3c2n1CCc1c[nH]c2ccccc12. The van der Waals surface area contributed by atoms with Crippen molar-refractivity contribution < 1.29 is 9.53 Å². The summed E-state index contributed by atoms with van der Waals surface area (Å²) in [5, 5.41) is 2.17. The van der Waals surface area contributed by atoms with Gasteiger partial charge in [-0.2, -0.15) is 0 Å². The summed E-state index contributed by atoms with van der Waals surface area (Å²) < 4.78 is 7.15. The molecule has 33 heavy (non-hydrogen) atoms. The molecule has 0 spiro atoms. The first-order valence-corrected chi connectivity index (χ1v) is 11.3. The number of aromatic amines is 1. The number of unbranched alkanes of at least 4 members (excludes halogenated alkanes) is 1. The van der Waals surface area contributed by atoms with E-state index in [0.717, 1.165) is 60.0 Å². The van der Waals surface area contributed by atoms with Gasteiger partial charge in [-0.05, 0) is 42.7 Å². The van der Waals surface area contributed by atoms with Crippen LogP contribution in [0.3, 0.4) is 0 Å². The van der Waals surface area contributed by atoms with Crippen LogP contribution in [0.4, 0.5) is 5.82 Å². The summed E-state index contributed by atoms with van der Waals surface area (Å²) >= 11 is 0. The molecule has 0 amide bonds. The molecular formula is C26H27N5O2. The van der Waals surface area contributed by atoms with Gasteiger partial charge in [0.2, 0.25) is 0 Å². The Morgan fingerprint density at radius 2 is 1.97 bits per heavy atom. The average molecular weight is 442 g/mol. The fourth-order valence-corrected chi connectivity index (χ4v) is 4.54. The fraction of sp³-hybridized carbons (Fsp3) is 0.269. The number of nitrogen functional groups attached to an aromatic ring is 1. The zero-order valence-corrected chi connectivity index (χ0v) is 18.9. The highest BCUT2D eigenvalue weighted by atomic mass is 16.5. The Morgan fingerprint density at radius 1 is 1.12 bits per heavy atom. The third kappa shape index (κ3) is 3.69. The molecule has 0 aliphatic heterocycles. The summed E-state index contributed by atoms with van der Waals surface area (Å²) in [5.41, 5.74) is 11.6. The van der Waals surface area contributed by atoms with Gasteiger partial charge in [0, 0.05) is 35.5 Å². The first-order chi connectivity index (χ1) is 16.1. The molecule has 0 saturated carbocycles. The smallest absolute Gasteiger partial charge is 0.337 e. The standard InChI is InChI=1S/C26H27N5O2/c1-3-4-9-22-30-23-24(19-11-10-16(26(32)33-2)14-21(19)29-25(23)27)31(22)13-12-17-15-28-20-8-6-5-7-18(17)20/h5-8,10-11,14-15,28H,3-4,9,12-13H2,1-2H3,(H2,27,29). The van der Waals surface area contributed by atoms with Gasteiger partial charge in [0.25, 0.3) is 0 Å². The van der Waals surface area contributed by atoms with E-state index in [0.29, 0.717) is 16.9 Å². The topological polar surface area (TPSA) is 98.8 Å². The molecule has 168 valence electrons. The molecule has 0 bridgehead atoms. The third-order valence-corrected chi connectivity index (χ3v) is 6.24. The lowest BCUT2D eigenvalue weighted by atomic mass is 10.1. The van der Waals surface area contributed by atoms with Gasteiger partial charge in [-0.15, -0.1) is 0 Å². The van der Waals surface area contributed by atoms with E-state index in [1.165, 1.54) is 18.1 Å². The van der Waals surface area contributed by atoms with E-state index >= 15 is 0 Å². The largest absolute Gasteiger partial charge is 0.465 e. The minimum absolute atomic E-state index is 0.378. The second kappa shape index (κ2) is 8.58. The number of aromatic nitrogens is 4. The molecule has 3 N–H and O–H groups in total. The molecule has 0 atom stereocenters. The molecule has 7 nitrogen and oxygen atoms in total. The van der Waals surface area contributed by atoms with Crippen molar-refractivity contribution in [2.75, 3.05) is 12.8 Å². The van der Waals surface area contributed by atoms with Crippen LogP contribution in [0.5, 0.6) is 0 Å². The predicted octanol–water partition coefficient (Wildman–Crippen LogP) is 5.02. The van der Waals surface area contributed by atoms with Gasteiger partial charge >= 0.3 is 5.97 Å². The number of carbonyl (C=O) groups excluding carboxylic acids is 1. The number of hydrogen-bond acceptors (Lipinski definition) is 5. The van der Waals surface area contributed by atoms with Crippen LogP contribution >= 0.6 is 0 Å². The number of aryl methyl sites for hydroxylation is 3. The molecule has 5 aromatic rings. The van der Waals surface area contributed by atoms with E-state index in [1.807, 2.05) is 12.1 Å². The molecule has 5 rings (SSSR count). The number of imidazole rings is 1. The Bertz CT molecular complexity index is 1480. The van der Waals surface area contributed by atoms with Gasteiger partial charge < -0.3 is 20.0 Å². The first kappa shape index (κ1) is 21.0. The number of H-pyrrole nitrogens is 1. The number of pyridine rings is 1. The molecule has 0 radical (unpaired) electrons. The maximum absolute atomic E-state index is 12.0. The van der Waals surface area contributed by atoms with Gasteiger partial charge in [-0.1, -0.05) is 31.5 Å². The Labute approximate surface area is 191 Å². The molecule has 0 unspecified atom stereocenters. The van der Waals surface area contributed by atoms with Crippen LogP contribution in [-0.2, 0) is 24.1 Å². The highest BCUT2D eigenvalue weighted by Gasteiger charge is 2.19. The number of esters is 1. The second-order valence-corrected chi connectivity index (χ2v) is 8.31. The van der Waals surface area contributed by atoms with Crippen molar-refractivity contribution in [3.05, 3.63) is 65.6 Å². The zero-order valence-electron chi connectivity index (χ0n) is 18.9. The van der Waals surface area contributed by atoms with Gasteiger partial charge in [0.1, 0.15) is 11.3 Å². The highest BCUT2D eigenvalue weighted by Crippen LogP contribution is 2.31. The number of ether oxygens (including phenoxy) is 1. The van der Waals surface area contributed by atoms with E-state index < -0.39 is 5.97 Å². The number of hydrogen-bond donors (Lipinski definition) is 2. The minimum Gasteiger partial charge on any atom is -0.465 e. The van der Waals surface area contributed by atoms with Gasteiger partial charge in [0.15, 0.2) is 5.82 Å². The quantitative estimate of drug-likeness (QED) is 0.346. The maximum atomic E-state index is 12.0. The lowest BCUT2D eigenvalue weighted by molar-refractivity contribution is 0.0601. The lowest BCUT2D eigenvalue weighted by Crippen LogP contribution is -2.07. The summed E-state index contributed by atoms with van der Waals surface area (Å²) in [6, 6.07) is 13.8. The van der Waals surface area contributed by atoms with Gasteiger partial charge in [0.05, 0.1) is 23.7 Å². The molecule has 0 aliphatic carbocycles. The van der Waals surface area contributed by atoms with E-state index in [1.54, 1.807) is 12.1 Å². The molecule has 0 aliphatic rings. The fourth-order valence-electron chi connectivity index (χ4n) is 4.54. The average Bonchev–Trinajstić information content (AvgIpc) is 3.42. The Balaban J connectivity index is 1.64. The number of para-hydroxylation sites is 1. The summed E-state index contributed by atoms with van der Waals surface area (Å²) in [7, 11) is 1.37. The van der Waals surface area contributed by atoms with Crippen molar-refractivity contribution in [2.24, 2.45) is 0 Å². The minimum atomic E-state index is -0.395. The molecular weight excluding hydrogens is 414 g/mol. The number of anilines is 1. The van der Waals surface area contributed by atoms with Crippen LogP contribution in [0.25, 0.3) is 32.8 Å². The predicted molar refractivity (Wildman–Crippen MR) is 131 cm³/mol. The summed E-state index contributed by atoms with van der Waals surface area (Å²) in [6.45, 7) is 2.95. The van der Waals surface area contributed by atoms with Gasteiger partial charge in [-0.3, -0.25) is 0 Å². The van der Waals surface area contributed by atoms with Crippen LogP contribution in [0.1, 0.15) is 41.5 Å². The van der Waals surface area contributed by atoms with E-state index in [-0.39, 0.29) is 0 Å². The molecule has 3 heterocycles. The van der Waals surface area contributed by atoms with Crippen LogP contribution in [-0.4, -0.2) is 32.6 Å². The summed E-state index contributed by atoms with van der Waals surface area (Å²) in [4.78, 5) is 24.9. The monoisotopic (exact) mass is 441 g/mol. The van der Waals surface area contributed by atoms with Crippen molar-refractivity contribution in [1.82, 2.24) is 19.5 Å². The number of carbonyl (C=O) groups is 1. The zero-order chi connectivity index (χ0) is 22.9. The van der Waals surface area contributed by atoms with Crippen LogP contribution in [0, 0.1) is 0 Å². The van der Waals surface area contributed by atoms with E-state index in [9.17, 15) is 4.79 Å². The third-order valence-electron chi connectivity index (χ3n) is 6.24. The maximum Gasteiger partial charge on any atom is 0.337 e. The number of nitrogens with one attached hydrogen (secondary N) is 1. The number of methoxy groups -OCH3 is 1. The molecule has 2 aromatic carbocycles. The van der Waals surface area contributed by atoms with Crippen molar-refractivity contribution in [2.45, 2.75) is 39.2 Å². The van der Waals surface area contributed by atoms with Crippen molar-refractivity contribution in [3.63, 3.8) is 0 Å². The highest BCUT2D eigenvalue weighted by molar-refractivity contribution is 6.08. The number of rotatable bonds is 7. The molecule has 0 saturated heterocycles.